The fraction of sp³-hybridized carbons (Fsp3) is 0.368. The summed E-state index contributed by atoms with van der Waals surface area (Å²) in [5, 5.41) is 24.4. The first-order chi connectivity index (χ1) is 11.6. The summed E-state index contributed by atoms with van der Waals surface area (Å²) in [6.07, 6.45) is 2.29. The lowest BCUT2D eigenvalue weighted by Gasteiger charge is -2.29. The van der Waals surface area contributed by atoms with Crippen molar-refractivity contribution < 1.29 is 19.7 Å². The van der Waals surface area contributed by atoms with Gasteiger partial charge in [-0.1, -0.05) is 0 Å². The van der Waals surface area contributed by atoms with Crippen LogP contribution >= 0.6 is 0 Å². The highest BCUT2D eigenvalue weighted by atomic mass is 16.5. The van der Waals surface area contributed by atoms with Crippen LogP contribution in [-0.4, -0.2) is 31.0 Å². The molecule has 0 radical (unpaired) electrons. The molecule has 3 N–H and O–H groups in total. The number of rotatable bonds is 2. The quantitative estimate of drug-likeness (QED) is 0.790. The Morgan fingerprint density at radius 2 is 1.75 bits per heavy atom. The van der Waals surface area contributed by atoms with Gasteiger partial charge in [0.1, 0.15) is 0 Å². The third kappa shape index (κ3) is 2.19. The molecule has 2 aromatic carbocycles. The molecular formula is C19H21NO4. The smallest absolute Gasteiger partial charge is 0.161 e. The van der Waals surface area contributed by atoms with E-state index in [2.05, 4.69) is 5.32 Å². The van der Waals surface area contributed by atoms with E-state index in [1.807, 2.05) is 12.1 Å². The van der Waals surface area contributed by atoms with Gasteiger partial charge >= 0.3 is 0 Å². The molecule has 0 saturated heterocycles. The number of phenols is 2. The second-order valence-electron chi connectivity index (χ2n) is 6.41. The Morgan fingerprint density at radius 3 is 2.50 bits per heavy atom. The van der Waals surface area contributed by atoms with E-state index in [9.17, 15) is 10.2 Å². The van der Waals surface area contributed by atoms with Gasteiger partial charge in [0.15, 0.2) is 23.0 Å². The Labute approximate surface area is 140 Å². The van der Waals surface area contributed by atoms with E-state index in [0.29, 0.717) is 17.9 Å². The Morgan fingerprint density at radius 1 is 1.00 bits per heavy atom. The highest BCUT2D eigenvalue weighted by Gasteiger charge is 2.31. The molecule has 1 atom stereocenters. The summed E-state index contributed by atoms with van der Waals surface area (Å²) >= 11 is 0. The van der Waals surface area contributed by atoms with Gasteiger partial charge in [0.25, 0.3) is 0 Å². The van der Waals surface area contributed by atoms with Crippen molar-refractivity contribution in [3.63, 3.8) is 0 Å². The van der Waals surface area contributed by atoms with Gasteiger partial charge in [-0.05, 0) is 59.8 Å². The van der Waals surface area contributed by atoms with Gasteiger partial charge in [0, 0.05) is 18.0 Å². The van der Waals surface area contributed by atoms with Crippen LogP contribution in [0.3, 0.4) is 0 Å². The predicted octanol–water partition coefficient (Wildman–Crippen LogP) is 2.45. The molecule has 0 aromatic heterocycles. The second kappa shape index (κ2) is 5.60. The number of ether oxygens (including phenoxy) is 2. The van der Waals surface area contributed by atoms with E-state index in [-0.39, 0.29) is 17.5 Å². The van der Waals surface area contributed by atoms with Crippen molar-refractivity contribution in [1.82, 2.24) is 5.32 Å². The van der Waals surface area contributed by atoms with Crippen LogP contribution in [0, 0.1) is 0 Å². The number of fused-ring (bicyclic) bond motifs is 1. The third-order valence-corrected chi connectivity index (χ3v) is 5.14. The monoisotopic (exact) mass is 327 g/mol. The summed E-state index contributed by atoms with van der Waals surface area (Å²) in [6.45, 7) is 0.891. The summed E-state index contributed by atoms with van der Waals surface area (Å²) in [6, 6.07) is 5.74. The SMILES string of the molecule is COc1cc2c(cc1O)CC1NCCc3cc(OC)c(O)c(c31)C2. The average molecular weight is 327 g/mol. The maximum Gasteiger partial charge on any atom is 0.161 e. The molecule has 0 amide bonds. The molecule has 126 valence electrons. The summed E-state index contributed by atoms with van der Waals surface area (Å²) in [5.74, 6) is 1.35. The number of aromatic hydroxyl groups is 2. The largest absolute Gasteiger partial charge is 0.504 e. The van der Waals surface area contributed by atoms with E-state index >= 15 is 0 Å². The minimum Gasteiger partial charge on any atom is -0.504 e. The van der Waals surface area contributed by atoms with Crippen LogP contribution in [0.4, 0.5) is 0 Å². The zero-order chi connectivity index (χ0) is 16.8. The molecule has 1 aliphatic carbocycles. The number of hydrogen-bond acceptors (Lipinski definition) is 5. The minimum atomic E-state index is 0.134. The summed E-state index contributed by atoms with van der Waals surface area (Å²) < 4.78 is 10.6. The van der Waals surface area contributed by atoms with E-state index in [0.717, 1.165) is 36.1 Å². The molecule has 1 unspecified atom stereocenters. The predicted molar refractivity (Wildman–Crippen MR) is 90.3 cm³/mol. The first kappa shape index (κ1) is 15.1. The zero-order valence-corrected chi connectivity index (χ0v) is 13.8. The fourth-order valence-electron chi connectivity index (χ4n) is 3.99. The number of methoxy groups -OCH3 is 2. The van der Waals surface area contributed by atoms with Gasteiger partial charge in [-0.2, -0.15) is 0 Å². The molecule has 1 aliphatic heterocycles. The van der Waals surface area contributed by atoms with Crippen LogP contribution in [0.15, 0.2) is 18.2 Å². The lowest BCUT2D eigenvalue weighted by atomic mass is 9.87. The van der Waals surface area contributed by atoms with Crippen LogP contribution in [0.25, 0.3) is 0 Å². The van der Waals surface area contributed by atoms with Crippen molar-refractivity contribution in [2.45, 2.75) is 25.3 Å². The molecule has 0 bridgehead atoms. The maximum absolute atomic E-state index is 10.7. The summed E-state index contributed by atoms with van der Waals surface area (Å²) in [7, 11) is 3.13. The number of phenolic OH excluding ortho intramolecular Hbond substituents is 2. The van der Waals surface area contributed by atoms with E-state index < -0.39 is 0 Å². The van der Waals surface area contributed by atoms with Gasteiger partial charge < -0.3 is 25.0 Å². The molecule has 2 aromatic rings. The molecule has 1 heterocycles. The molecular weight excluding hydrogens is 306 g/mol. The van der Waals surface area contributed by atoms with Crippen molar-refractivity contribution in [3.05, 3.63) is 46.0 Å². The van der Waals surface area contributed by atoms with Crippen LogP contribution in [0.2, 0.25) is 0 Å². The molecule has 0 fully saturated rings. The first-order valence-corrected chi connectivity index (χ1v) is 8.16. The second-order valence-corrected chi connectivity index (χ2v) is 6.41. The third-order valence-electron chi connectivity index (χ3n) is 5.14. The van der Waals surface area contributed by atoms with Crippen LogP contribution in [0.5, 0.6) is 23.0 Å². The average Bonchev–Trinajstić information content (AvgIpc) is 2.74. The molecule has 4 rings (SSSR count). The molecule has 2 aliphatic rings. The van der Waals surface area contributed by atoms with Crippen molar-refractivity contribution in [2.24, 2.45) is 0 Å². The van der Waals surface area contributed by atoms with Gasteiger partial charge in [-0.15, -0.1) is 0 Å². The summed E-state index contributed by atoms with van der Waals surface area (Å²) in [5.41, 5.74) is 5.45. The van der Waals surface area contributed by atoms with E-state index in [1.54, 1.807) is 20.3 Å². The first-order valence-electron chi connectivity index (χ1n) is 8.16. The molecule has 24 heavy (non-hydrogen) atoms. The van der Waals surface area contributed by atoms with Crippen molar-refractivity contribution in [1.29, 1.82) is 0 Å². The Kier molecular flexibility index (Phi) is 3.53. The highest BCUT2D eigenvalue weighted by molar-refractivity contribution is 5.60. The standard InChI is InChI=1S/C19H21NO4/c1-23-16-9-11-5-13-18-10(8-17(24-2)19(13)22)3-4-20-14(18)6-12(11)7-15(16)21/h7-9,14,20-22H,3-6H2,1-2H3. The van der Waals surface area contributed by atoms with Crippen LogP contribution in [-0.2, 0) is 19.3 Å². The Bertz CT molecular complexity index is 816. The lowest BCUT2D eigenvalue weighted by molar-refractivity contribution is 0.367. The van der Waals surface area contributed by atoms with Gasteiger partial charge in [0.2, 0.25) is 0 Å². The molecule has 0 saturated carbocycles. The van der Waals surface area contributed by atoms with Crippen molar-refractivity contribution >= 4 is 0 Å². The maximum atomic E-state index is 10.7. The zero-order valence-electron chi connectivity index (χ0n) is 13.8. The summed E-state index contributed by atoms with van der Waals surface area (Å²) in [4.78, 5) is 0. The van der Waals surface area contributed by atoms with E-state index in [1.165, 1.54) is 11.1 Å². The molecule has 5 heteroatoms. The van der Waals surface area contributed by atoms with E-state index in [4.69, 9.17) is 9.47 Å². The van der Waals surface area contributed by atoms with Gasteiger partial charge in [-0.3, -0.25) is 0 Å². The topological polar surface area (TPSA) is 71.0 Å². The molecule has 5 nitrogen and oxygen atoms in total. The molecule has 0 spiro atoms. The highest BCUT2D eigenvalue weighted by Crippen LogP contribution is 2.45. The Balaban J connectivity index is 1.94. The number of benzene rings is 2. The minimum absolute atomic E-state index is 0.134. The van der Waals surface area contributed by atoms with Crippen LogP contribution < -0.4 is 14.8 Å². The van der Waals surface area contributed by atoms with Gasteiger partial charge in [0.05, 0.1) is 14.2 Å². The Hall–Kier alpha value is -2.40. The number of hydrogen-bond donors (Lipinski definition) is 3. The fourth-order valence-corrected chi connectivity index (χ4v) is 3.99. The number of nitrogens with one attached hydrogen (secondary N) is 1. The van der Waals surface area contributed by atoms with Crippen molar-refractivity contribution in [3.8, 4) is 23.0 Å². The van der Waals surface area contributed by atoms with Crippen LogP contribution in [0.1, 0.15) is 33.9 Å². The normalized spacial score (nSPS) is 18.3. The lowest BCUT2D eigenvalue weighted by Crippen LogP contribution is -2.31. The van der Waals surface area contributed by atoms with Gasteiger partial charge in [-0.25, -0.2) is 0 Å². The van der Waals surface area contributed by atoms with Crippen molar-refractivity contribution in [2.75, 3.05) is 20.8 Å².